The first kappa shape index (κ1) is 17.1. The fourth-order valence-electron chi connectivity index (χ4n) is 3.87. The molecule has 0 saturated heterocycles. The molecule has 0 radical (unpaired) electrons. The molecule has 1 aromatic heterocycles. The van der Waals surface area contributed by atoms with Crippen molar-refractivity contribution in [2.24, 2.45) is 0 Å². The lowest BCUT2D eigenvalue weighted by Gasteiger charge is -2.23. The van der Waals surface area contributed by atoms with Crippen molar-refractivity contribution in [2.45, 2.75) is 38.6 Å². The number of H-pyrrole nitrogens is 1. The zero-order valence-electron chi connectivity index (χ0n) is 14.5. The van der Waals surface area contributed by atoms with Crippen molar-refractivity contribution in [1.29, 1.82) is 0 Å². The van der Waals surface area contributed by atoms with Crippen molar-refractivity contribution in [2.75, 3.05) is 0 Å². The predicted octanol–water partition coefficient (Wildman–Crippen LogP) is 4.49. The highest BCUT2D eigenvalue weighted by Crippen LogP contribution is 2.33. The molecule has 2 aromatic carbocycles. The van der Waals surface area contributed by atoms with Crippen LogP contribution < -0.4 is 5.32 Å². The third-order valence-electron chi connectivity index (χ3n) is 5.13. The Morgan fingerprint density at radius 2 is 2.15 bits per heavy atom. The number of amides is 1. The van der Waals surface area contributed by atoms with Gasteiger partial charge >= 0.3 is 0 Å². The van der Waals surface area contributed by atoms with Crippen LogP contribution in [0.1, 0.15) is 28.8 Å². The number of aromatic nitrogens is 1. The molecule has 0 spiro atoms. The first-order valence-electron chi connectivity index (χ1n) is 8.83. The molecule has 1 unspecified atom stereocenters. The van der Waals surface area contributed by atoms with Crippen LogP contribution >= 0.6 is 11.6 Å². The standard InChI is InChI=1S/C21H20ClFN2O/c1-12-8-14(22)10-17-16-11-15(6-7-19(16)25-21(12)17)24-20(26)9-13-4-2-3-5-18(13)23/h2-5,8,10,15,25H,6-7,9,11H2,1H3,(H,24,26). The summed E-state index contributed by atoms with van der Waals surface area (Å²) in [4.78, 5) is 15.9. The van der Waals surface area contributed by atoms with Gasteiger partial charge in [0, 0.05) is 27.7 Å². The summed E-state index contributed by atoms with van der Waals surface area (Å²) in [7, 11) is 0. The van der Waals surface area contributed by atoms with Gasteiger partial charge in [-0.05, 0) is 61.1 Å². The molecule has 1 amide bonds. The maximum atomic E-state index is 13.7. The highest BCUT2D eigenvalue weighted by Gasteiger charge is 2.24. The fraction of sp³-hybridized carbons (Fsp3) is 0.286. The summed E-state index contributed by atoms with van der Waals surface area (Å²) >= 11 is 6.23. The Bertz CT molecular complexity index is 995. The van der Waals surface area contributed by atoms with Crippen LogP contribution in [0.2, 0.25) is 5.02 Å². The van der Waals surface area contributed by atoms with Crippen LogP contribution in [-0.4, -0.2) is 16.9 Å². The van der Waals surface area contributed by atoms with E-state index in [0.717, 1.165) is 40.8 Å². The van der Waals surface area contributed by atoms with Gasteiger partial charge in [-0.1, -0.05) is 29.8 Å². The van der Waals surface area contributed by atoms with Crippen molar-refractivity contribution in [3.63, 3.8) is 0 Å². The van der Waals surface area contributed by atoms with Crippen molar-refractivity contribution >= 4 is 28.4 Å². The van der Waals surface area contributed by atoms with Crippen LogP contribution in [-0.2, 0) is 24.1 Å². The van der Waals surface area contributed by atoms with Gasteiger partial charge in [-0.2, -0.15) is 0 Å². The van der Waals surface area contributed by atoms with E-state index in [1.807, 2.05) is 19.1 Å². The van der Waals surface area contributed by atoms with Crippen LogP contribution in [0, 0.1) is 12.7 Å². The minimum atomic E-state index is -0.338. The second-order valence-electron chi connectivity index (χ2n) is 7.00. The Morgan fingerprint density at radius 1 is 1.35 bits per heavy atom. The molecule has 0 bridgehead atoms. The predicted molar refractivity (Wildman–Crippen MR) is 102 cm³/mol. The fourth-order valence-corrected chi connectivity index (χ4v) is 4.14. The van der Waals surface area contributed by atoms with Gasteiger partial charge < -0.3 is 10.3 Å². The van der Waals surface area contributed by atoms with E-state index in [1.165, 1.54) is 17.3 Å². The molecule has 4 rings (SSSR count). The SMILES string of the molecule is Cc1cc(Cl)cc2c3c([nH]c12)CCC(NC(=O)Cc1ccccc1F)C3. The normalized spacial score (nSPS) is 16.5. The molecule has 1 aliphatic rings. The Morgan fingerprint density at radius 3 is 2.96 bits per heavy atom. The summed E-state index contributed by atoms with van der Waals surface area (Å²) in [5.74, 6) is -0.479. The summed E-state index contributed by atoms with van der Waals surface area (Å²) in [5.41, 5.74) is 5.13. The van der Waals surface area contributed by atoms with Gasteiger partial charge in [0.2, 0.25) is 5.91 Å². The summed E-state index contributed by atoms with van der Waals surface area (Å²) in [6.07, 6.45) is 2.58. The van der Waals surface area contributed by atoms with Crippen molar-refractivity contribution < 1.29 is 9.18 Å². The Kier molecular flexibility index (Phi) is 4.45. The second-order valence-corrected chi connectivity index (χ2v) is 7.44. The molecule has 5 heteroatoms. The van der Waals surface area contributed by atoms with E-state index in [4.69, 9.17) is 11.6 Å². The quantitative estimate of drug-likeness (QED) is 0.701. The highest BCUT2D eigenvalue weighted by molar-refractivity contribution is 6.31. The topological polar surface area (TPSA) is 44.9 Å². The monoisotopic (exact) mass is 370 g/mol. The number of carbonyl (C=O) groups is 1. The minimum absolute atomic E-state index is 0.0556. The third-order valence-corrected chi connectivity index (χ3v) is 5.35. The number of nitrogens with one attached hydrogen (secondary N) is 2. The van der Waals surface area contributed by atoms with Gasteiger partial charge in [-0.15, -0.1) is 0 Å². The van der Waals surface area contributed by atoms with E-state index in [2.05, 4.69) is 10.3 Å². The second kappa shape index (κ2) is 6.76. The minimum Gasteiger partial charge on any atom is -0.358 e. The number of hydrogen-bond acceptors (Lipinski definition) is 1. The maximum Gasteiger partial charge on any atom is 0.224 e. The van der Waals surface area contributed by atoms with Crippen LogP contribution in [0.15, 0.2) is 36.4 Å². The molecule has 0 saturated carbocycles. The Labute approximate surface area is 156 Å². The molecule has 0 aliphatic heterocycles. The van der Waals surface area contributed by atoms with Crippen molar-refractivity contribution in [1.82, 2.24) is 10.3 Å². The van der Waals surface area contributed by atoms with Crippen molar-refractivity contribution in [3.05, 3.63) is 69.6 Å². The van der Waals surface area contributed by atoms with Crippen molar-refractivity contribution in [3.8, 4) is 0 Å². The van der Waals surface area contributed by atoms with E-state index < -0.39 is 0 Å². The zero-order chi connectivity index (χ0) is 18.3. The lowest BCUT2D eigenvalue weighted by atomic mass is 9.91. The van der Waals surface area contributed by atoms with Gasteiger partial charge in [0.1, 0.15) is 5.82 Å². The van der Waals surface area contributed by atoms with E-state index in [1.54, 1.807) is 18.2 Å². The number of fused-ring (bicyclic) bond motifs is 3. The Balaban J connectivity index is 1.51. The van der Waals surface area contributed by atoms with Crippen LogP contribution in [0.25, 0.3) is 10.9 Å². The number of hydrogen-bond donors (Lipinski definition) is 2. The molecule has 3 nitrogen and oxygen atoms in total. The highest BCUT2D eigenvalue weighted by atomic mass is 35.5. The molecule has 3 aromatic rings. The molecule has 134 valence electrons. The number of aromatic amines is 1. The number of rotatable bonds is 3. The van der Waals surface area contributed by atoms with Crippen LogP contribution in [0.3, 0.4) is 0 Å². The summed E-state index contributed by atoms with van der Waals surface area (Å²) in [6, 6.07) is 10.4. The number of benzene rings is 2. The van der Waals surface area contributed by atoms with E-state index in [-0.39, 0.29) is 24.2 Å². The lowest BCUT2D eigenvalue weighted by molar-refractivity contribution is -0.121. The first-order chi connectivity index (χ1) is 12.5. The average Bonchev–Trinajstić information content (AvgIpc) is 2.95. The average molecular weight is 371 g/mol. The largest absolute Gasteiger partial charge is 0.358 e. The number of carbonyl (C=O) groups excluding carboxylic acids is 1. The van der Waals surface area contributed by atoms with Crippen LogP contribution in [0.5, 0.6) is 0 Å². The summed E-state index contributed by atoms with van der Waals surface area (Å²) in [5, 5.41) is 4.93. The molecular weight excluding hydrogens is 351 g/mol. The molecule has 2 N–H and O–H groups in total. The first-order valence-corrected chi connectivity index (χ1v) is 9.21. The molecule has 26 heavy (non-hydrogen) atoms. The molecule has 1 atom stereocenters. The number of halogens is 2. The van der Waals surface area contributed by atoms with Crippen LogP contribution in [0.4, 0.5) is 4.39 Å². The Hall–Kier alpha value is -2.33. The maximum absolute atomic E-state index is 13.7. The zero-order valence-corrected chi connectivity index (χ0v) is 15.3. The van der Waals surface area contributed by atoms with Gasteiger partial charge in [0.15, 0.2) is 0 Å². The summed E-state index contributed by atoms with van der Waals surface area (Å²) < 4.78 is 13.7. The van der Waals surface area contributed by atoms with E-state index >= 15 is 0 Å². The smallest absolute Gasteiger partial charge is 0.224 e. The van der Waals surface area contributed by atoms with E-state index in [9.17, 15) is 9.18 Å². The van der Waals surface area contributed by atoms with Gasteiger partial charge in [0.25, 0.3) is 0 Å². The number of aryl methyl sites for hydroxylation is 2. The molecule has 0 fully saturated rings. The molecular formula is C21H20ClFN2O. The molecule has 1 heterocycles. The third kappa shape index (κ3) is 3.21. The van der Waals surface area contributed by atoms with E-state index in [0.29, 0.717) is 5.56 Å². The van der Waals surface area contributed by atoms with Gasteiger partial charge in [-0.25, -0.2) is 4.39 Å². The summed E-state index contributed by atoms with van der Waals surface area (Å²) in [6.45, 7) is 2.05. The molecule has 1 aliphatic carbocycles. The van der Waals surface area contributed by atoms with Gasteiger partial charge in [0.05, 0.1) is 6.42 Å². The van der Waals surface area contributed by atoms with Gasteiger partial charge in [-0.3, -0.25) is 4.79 Å². The lowest BCUT2D eigenvalue weighted by Crippen LogP contribution is -2.39.